The molecule has 0 aliphatic carbocycles. The average molecular weight is 494 g/mol. The molecule has 0 saturated carbocycles. The van der Waals surface area contributed by atoms with Gasteiger partial charge in [-0.05, 0) is 60.5 Å². The molecule has 1 heterocycles. The van der Waals surface area contributed by atoms with Crippen molar-refractivity contribution in [3.8, 4) is 5.75 Å². The molecule has 3 aromatic carbocycles. The minimum absolute atomic E-state index is 0.0720. The standard InChI is InChI=1S/C31H31N3O3/c1-23-12-14-24(15-13-23)22-34(31(36)26-8-6-11-29(21-26)37-2)28-10-5-7-25(19-28)20-30(35)33-18-16-27-9-3-4-17-32-27/h3-15,17,19,21H,16,18,20,22H2,1-2H3,(H,33,35). The lowest BCUT2D eigenvalue weighted by Crippen LogP contribution is -2.31. The van der Waals surface area contributed by atoms with E-state index in [1.807, 2.05) is 85.8 Å². The number of benzene rings is 3. The predicted octanol–water partition coefficient (Wildman–Crippen LogP) is 5.15. The number of hydrogen-bond acceptors (Lipinski definition) is 4. The fourth-order valence-electron chi connectivity index (χ4n) is 4.03. The summed E-state index contributed by atoms with van der Waals surface area (Å²) in [6, 6.07) is 28.6. The van der Waals surface area contributed by atoms with E-state index in [4.69, 9.17) is 4.74 Å². The first-order valence-corrected chi connectivity index (χ1v) is 12.3. The average Bonchev–Trinajstić information content (AvgIpc) is 2.93. The van der Waals surface area contributed by atoms with Gasteiger partial charge in [0.1, 0.15) is 5.75 Å². The summed E-state index contributed by atoms with van der Waals surface area (Å²) < 4.78 is 5.33. The fourth-order valence-corrected chi connectivity index (χ4v) is 4.03. The Kier molecular flexibility index (Phi) is 8.66. The van der Waals surface area contributed by atoms with Crippen molar-refractivity contribution in [1.82, 2.24) is 10.3 Å². The number of ether oxygens (including phenoxy) is 1. The van der Waals surface area contributed by atoms with Crippen LogP contribution >= 0.6 is 0 Å². The molecule has 188 valence electrons. The van der Waals surface area contributed by atoms with Gasteiger partial charge in [-0.1, -0.05) is 54.1 Å². The normalized spacial score (nSPS) is 10.5. The lowest BCUT2D eigenvalue weighted by molar-refractivity contribution is -0.120. The van der Waals surface area contributed by atoms with Crippen LogP contribution in [0.4, 0.5) is 5.69 Å². The third-order valence-electron chi connectivity index (χ3n) is 6.04. The molecule has 0 aliphatic heterocycles. The van der Waals surface area contributed by atoms with Crippen molar-refractivity contribution in [2.45, 2.75) is 26.3 Å². The van der Waals surface area contributed by atoms with Crippen molar-refractivity contribution < 1.29 is 14.3 Å². The predicted molar refractivity (Wildman–Crippen MR) is 146 cm³/mol. The van der Waals surface area contributed by atoms with Gasteiger partial charge < -0.3 is 15.0 Å². The Morgan fingerprint density at radius 3 is 2.46 bits per heavy atom. The molecule has 0 bridgehead atoms. The highest BCUT2D eigenvalue weighted by atomic mass is 16.5. The quantitative estimate of drug-likeness (QED) is 0.332. The Morgan fingerprint density at radius 1 is 0.892 bits per heavy atom. The summed E-state index contributed by atoms with van der Waals surface area (Å²) in [6.07, 6.45) is 2.64. The van der Waals surface area contributed by atoms with Crippen LogP contribution in [0.2, 0.25) is 0 Å². The number of nitrogens with one attached hydrogen (secondary N) is 1. The molecule has 0 saturated heterocycles. The van der Waals surface area contributed by atoms with E-state index in [1.165, 1.54) is 0 Å². The number of hydrogen-bond donors (Lipinski definition) is 1. The number of rotatable bonds is 10. The van der Waals surface area contributed by atoms with Gasteiger partial charge in [-0.25, -0.2) is 0 Å². The van der Waals surface area contributed by atoms with E-state index in [0.717, 1.165) is 28.1 Å². The maximum atomic E-state index is 13.7. The zero-order valence-electron chi connectivity index (χ0n) is 21.2. The maximum absolute atomic E-state index is 13.7. The topological polar surface area (TPSA) is 71.5 Å². The molecule has 0 aliphatic rings. The number of carbonyl (C=O) groups is 2. The molecule has 0 radical (unpaired) electrons. The summed E-state index contributed by atoms with van der Waals surface area (Å²) in [5, 5.41) is 2.96. The second-order valence-electron chi connectivity index (χ2n) is 8.88. The lowest BCUT2D eigenvalue weighted by atomic mass is 10.1. The first-order chi connectivity index (χ1) is 18.0. The monoisotopic (exact) mass is 493 g/mol. The van der Waals surface area contributed by atoms with Crippen LogP contribution in [-0.2, 0) is 24.2 Å². The minimum Gasteiger partial charge on any atom is -0.497 e. The smallest absolute Gasteiger partial charge is 0.258 e. The van der Waals surface area contributed by atoms with Gasteiger partial charge >= 0.3 is 0 Å². The van der Waals surface area contributed by atoms with E-state index in [9.17, 15) is 9.59 Å². The maximum Gasteiger partial charge on any atom is 0.258 e. The third kappa shape index (κ3) is 7.27. The molecule has 0 spiro atoms. The van der Waals surface area contributed by atoms with Crippen molar-refractivity contribution in [2.24, 2.45) is 0 Å². The minimum atomic E-state index is -0.142. The highest BCUT2D eigenvalue weighted by Crippen LogP contribution is 2.24. The summed E-state index contributed by atoms with van der Waals surface area (Å²) in [6.45, 7) is 2.95. The molecule has 0 unspecified atom stereocenters. The Hall–Kier alpha value is -4.45. The first kappa shape index (κ1) is 25.6. The molecule has 0 atom stereocenters. The summed E-state index contributed by atoms with van der Waals surface area (Å²) in [4.78, 5) is 32.3. The Labute approximate surface area is 217 Å². The zero-order valence-corrected chi connectivity index (χ0v) is 21.2. The van der Waals surface area contributed by atoms with Gasteiger partial charge in [-0.3, -0.25) is 14.6 Å². The van der Waals surface area contributed by atoms with E-state index in [2.05, 4.69) is 10.3 Å². The lowest BCUT2D eigenvalue weighted by Gasteiger charge is -2.24. The molecule has 6 heteroatoms. The van der Waals surface area contributed by atoms with Crippen molar-refractivity contribution in [2.75, 3.05) is 18.6 Å². The van der Waals surface area contributed by atoms with Crippen LogP contribution in [-0.4, -0.2) is 30.5 Å². The number of aromatic nitrogens is 1. The van der Waals surface area contributed by atoms with Gasteiger partial charge in [0, 0.05) is 36.1 Å². The molecule has 4 aromatic rings. The van der Waals surface area contributed by atoms with Gasteiger partial charge in [0.2, 0.25) is 5.91 Å². The molecule has 4 rings (SSSR count). The van der Waals surface area contributed by atoms with E-state index in [0.29, 0.717) is 30.8 Å². The van der Waals surface area contributed by atoms with Crippen LogP contribution in [0.1, 0.15) is 32.7 Å². The van der Waals surface area contributed by atoms with Crippen LogP contribution in [0.3, 0.4) is 0 Å². The Bertz CT molecular complexity index is 1340. The van der Waals surface area contributed by atoms with Crippen LogP contribution in [0.5, 0.6) is 5.75 Å². The molecule has 1 aromatic heterocycles. The summed E-state index contributed by atoms with van der Waals surface area (Å²) in [5.74, 6) is 0.408. The molecule has 6 nitrogen and oxygen atoms in total. The van der Waals surface area contributed by atoms with Crippen LogP contribution in [0.25, 0.3) is 0 Å². The largest absolute Gasteiger partial charge is 0.497 e. The first-order valence-electron chi connectivity index (χ1n) is 12.3. The summed E-state index contributed by atoms with van der Waals surface area (Å²) >= 11 is 0. The second-order valence-corrected chi connectivity index (χ2v) is 8.88. The number of nitrogens with zero attached hydrogens (tertiary/aromatic N) is 2. The molecule has 0 fully saturated rings. The van der Waals surface area contributed by atoms with Crippen molar-refractivity contribution in [1.29, 1.82) is 0 Å². The molecule has 1 N–H and O–H groups in total. The molecular weight excluding hydrogens is 462 g/mol. The number of methoxy groups -OCH3 is 1. The van der Waals surface area contributed by atoms with E-state index >= 15 is 0 Å². The van der Waals surface area contributed by atoms with Gasteiger partial charge in [0.25, 0.3) is 5.91 Å². The Balaban J connectivity index is 1.51. The van der Waals surface area contributed by atoms with Crippen molar-refractivity contribution in [3.05, 3.63) is 125 Å². The summed E-state index contributed by atoms with van der Waals surface area (Å²) in [5.41, 5.74) is 5.20. The number of pyridine rings is 1. The number of amides is 2. The van der Waals surface area contributed by atoms with Crippen LogP contribution < -0.4 is 15.0 Å². The highest BCUT2D eigenvalue weighted by Gasteiger charge is 2.20. The molecule has 2 amide bonds. The van der Waals surface area contributed by atoms with Crippen molar-refractivity contribution in [3.63, 3.8) is 0 Å². The van der Waals surface area contributed by atoms with Gasteiger partial charge in [0.05, 0.1) is 20.1 Å². The fraction of sp³-hybridized carbons (Fsp3) is 0.194. The number of anilines is 1. The summed E-state index contributed by atoms with van der Waals surface area (Å²) in [7, 11) is 1.58. The SMILES string of the molecule is COc1cccc(C(=O)N(Cc2ccc(C)cc2)c2cccc(CC(=O)NCCc3ccccn3)c2)c1. The second kappa shape index (κ2) is 12.5. The Morgan fingerprint density at radius 2 is 1.70 bits per heavy atom. The zero-order chi connectivity index (χ0) is 26.0. The van der Waals surface area contributed by atoms with E-state index in [-0.39, 0.29) is 18.2 Å². The number of carbonyl (C=O) groups excluding carboxylic acids is 2. The van der Waals surface area contributed by atoms with Gasteiger partial charge in [-0.15, -0.1) is 0 Å². The number of aryl methyl sites for hydroxylation is 1. The van der Waals surface area contributed by atoms with E-state index < -0.39 is 0 Å². The van der Waals surface area contributed by atoms with E-state index in [1.54, 1.807) is 30.3 Å². The van der Waals surface area contributed by atoms with Crippen LogP contribution in [0, 0.1) is 6.92 Å². The van der Waals surface area contributed by atoms with Crippen molar-refractivity contribution >= 4 is 17.5 Å². The molecule has 37 heavy (non-hydrogen) atoms. The van der Waals surface area contributed by atoms with Crippen LogP contribution in [0.15, 0.2) is 97.2 Å². The van der Waals surface area contributed by atoms with Gasteiger partial charge in [-0.2, -0.15) is 0 Å². The third-order valence-corrected chi connectivity index (χ3v) is 6.04. The highest BCUT2D eigenvalue weighted by molar-refractivity contribution is 6.06. The van der Waals surface area contributed by atoms with Gasteiger partial charge in [0.15, 0.2) is 0 Å². The molecular formula is C31H31N3O3.